The molecule has 2 rings (SSSR count). The van der Waals surface area contributed by atoms with Crippen LogP contribution in [0.1, 0.15) is 11.1 Å². The molecule has 0 unspecified atom stereocenters. The quantitative estimate of drug-likeness (QED) is 0.670. The highest BCUT2D eigenvalue weighted by atomic mass is 35.5. The number of nitrogen functional groups attached to an aromatic ring is 1. The van der Waals surface area contributed by atoms with Gasteiger partial charge in [0.05, 0.1) is 0 Å². The van der Waals surface area contributed by atoms with Gasteiger partial charge in [-0.1, -0.05) is 11.6 Å². The third-order valence-electron chi connectivity index (χ3n) is 2.63. The number of benzene rings is 2. The van der Waals surface area contributed by atoms with Crippen LogP contribution in [0.15, 0.2) is 36.4 Å². The van der Waals surface area contributed by atoms with Gasteiger partial charge in [0.2, 0.25) is 0 Å². The Labute approximate surface area is 119 Å². The molecule has 0 fully saturated rings. The van der Waals surface area contributed by atoms with Crippen molar-refractivity contribution < 1.29 is 13.5 Å². The standard InChI is InChI=1S/C14H11ClF2N2O/c15-11-3-2-10(16)5-9(11)7-20-13-4-1-8(14(18)19)6-12(13)17/h1-6H,7H2,(H3,18,19). The summed E-state index contributed by atoms with van der Waals surface area (Å²) < 4.78 is 32.0. The molecule has 0 bridgehead atoms. The summed E-state index contributed by atoms with van der Waals surface area (Å²) in [5.41, 5.74) is 5.93. The molecule has 2 aromatic carbocycles. The summed E-state index contributed by atoms with van der Waals surface area (Å²) >= 11 is 5.88. The van der Waals surface area contributed by atoms with Crippen molar-refractivity contribution in [1.82, 2.24) is 0 Å². The van der Waals surface area contributed by atoms with Crippen LogP contribution in [-0.4, -0.2) is 5.84 Å². The molecule has 6 heteroatoms. The van der Waals surface area contributed by atoms with E-state index >= 15 is 0 Å². The highest BCUT2D eigenvalue weighted by Gasteiger charge is 2.08. The molecule has 2 aromatic rings. The second kappa shape index (κ2) is 5.88. The molecule has 0 amide bonds. The van der Waals surface area contributed by atoms with E-state index in [-0.39, 0.29) is 23.8 Å². The lowest BCUT2D eigenvalue weighted by Gasteiger charge is -2.09. The van der Waals surface area contributed by atoms with Gasteiger partial charge in [0, 0.05) is 16.1 Å². The summed E-state index contributed by atoms with van der Waals surface area (Å²) in [6.45, 7) is -0.0626. The highest BCUT2D eigenvalue weighted by molar-refractivity contribution is 6.31. The van der Waals surface area contributed by atoms with Crippen molar-refractivity contribution >= 4 is 17.4 Å². The minimum atomic E-state index is -0.648. The summed E-state index contributed by atoms with van der Waals surface area (Å²) in [5, 5.41) is 7.54. The zero-order valence-corrected chi connectivity index (χ0v) is 11.0. The molecule has 0 aliphatic carbocycles. The van der Waals surface area contributed by atoms with Crippen LogP contribution in [0.3, 0.4) is 0 Å². The van der Waals surface area contributed by atoms with Gasteiger partial charge in [0.1, 0.15) is 18.3 Å². The monoisotopic (exact) mass is 296 g/mol. The van der Waals surface area contributed by atoms with Gasteiger partial charge in [-0.2, -0.15) is 0 Å². The van der Waals surface area contributed by atoms with Gasteiger partial charge in [-0.25, -0.2) is 8.78 Å². The van der Waals surface area contributed by atoms with E-state index < -0.39 is 11.6 Å². The Bertz CT molecular complexity index is 662. The average molecular weight is 297 g/mol. The minimum Gasteiger partial charge on any atom is -0.486 e. The lowest BCUT2D eigenvalue weighted by atomic mass is 10.2. The normalized spacial score (nSPS) is 10.3. The van der Waals surface area contributed by atoms with Gasteiger partial charge in [0.15, 0.2) is 11.6 Å². The Morgan fingerprint density at radius 2 is 1.95 bits per heavy atom. The Kier molecular flexibility index (Phi) is 4.20. The fraction of sp³-hybridized carbons (Fsp3) is 0.0714. The second-order valence-corrected chi connectivity index (χ2v) is 4.49. The molecular weight excluding hydrogens is 286 g/mol. The van der Waals surface area contributed by atoms with Crippen LogP contribution < -0.4 is 10.5 Å². The van der Waals surface area contributed by atoms with Crippen LogP contribution in [0, 0.1) is 17.0 Å². The van der Waals surface area contributed by atoms with Crippen molar-refractivity contribution in [3.8, 4) is 5.75 Å². The van der Waals surface area contributed by atoms with Crippen LogP contribution in [0.4, 0.5) is 8.78 Å². The number of ether oxygens (including phenoxy) is 1. The molecule has 3 N–H and O–H groups in total. The molecule has 0 atom stereocenters. The zero-order chi connectivity index (χ0) is 14.7. The van der Waals surface area contributed by atoms with E-state index in [0.29, 0.717) is 10.6 Å². The summed E-state index contributed by atoms with van der Waals surface area (Å²) in [6.07, 6.45) is 0. The van der Waals surface area contributed by atoms with Crippen LogP contribution in [-0.2, 0) is 6.61 Å². The van der Waals surface area contributed by atoms with Crippen LogP contribution in [0.25, 0.3) is 0 Å². The molecule has 20 heavy (non-hydrogen) atoms. The first kappa shape index (κ1) is 14.3. The lowest BCUT2D eigenvalue weighted by molar-refractivity contribution is 0.290. The van der Waals surface area contributed by atoms with Crippen molar-refractivity contribution in [2.75, 3.05) is 0 Å². The van der Waals surface area contributed by atoms with E-state index in [9.17, 15) is 8.78 Å². The van der Waals surface area contributed by atoms with E-state index in [1.807, 2.05) is 0 Å². The number of halogens is 3. The molecule has 0 aliphatic rings. The molecular formula is C14H11ClF2N2O. The summed E-state index contributed by atoms with van der Waals surface area (Å²) in [6, 6.07) is 7.79. The van der Waals surface area contributed by atoms with Crippen molar-refractivity contribution in [1.29, 1.82) is 5.41 Å². The molecule has 0 aliphatic heterocycles. The minimum absolute atomic E-state index is 0.0182. The first-order valence-corrected chi connectivity index (χ1v) is 6.06. The van der Waals surface area contributed by atoms with Crippen LogP contribution in [0.5, 0.6) is 5.75 Å². The number of amidine groups is 1. The van der Waals surface area contributed by atoms with Gasteiger partial charge < -0.3 is 10.5 Å². The van der Waals surface area contributed by atoms with E-state index in [0.717, 1.165) is 6.07 Å². The third kappa shape index (κ3) is 3.24. The van der Waals surface area contributed by atoms with Crippen molar-refractivity contribution in [3.05, 3.63) is 64.2 Å². The molecule has 104 valence electrons. The van der Waals surface area contributed by atoms with Crippen LogP contribution in [0.2, 0.25) is 5.02 Å². The average Bonchev–Trinajstić information content (AvgIpc) is 2.40. The van der Waals surface area contributed by atoms with E-state index in [1.165, 1.54) is 30.3 Å². The van der Waals surface area contributed by atoms with Gasteiger partial charge in [-0.15, -0.1) is 0 Å². The van der Waals surface area contributed by atoms with Gasteiger partial charge in [0.25, 0.3) is 0 Å². The first-order chi connectivity index (χ1) is 9.47. The SMILES string of the molecule is N=C(N)c1ccc(OCc2cc(F)ccc2Cl)c(F)c1. The summed E-state index contributed by atoms with van der Waals surface area (Å²) in [4.78, 5) is 0. The molecule has 0 aromatic heterocycles. The Morgan fingerprint density at radius 1 is 1.20 bits per heavy atom. The number of hydrogen-bond donors (Lipinski definition) is 2. The van der Waals surface area contributed by atoms with E-state index in [1.54, 1.807) is 0 Å². The molecule has 0 spiro atoms. The van der Waals surface area contributed by atoms with Gasteiger partial charge >= 0.3 is 0 Å². The number of rotatable bonds is 4. The predicted octanol–water partition coefficient (Wildman–Crippen LogP) is 3.48. The molecule has 0 radical (unpaired) electrons. The maximum atomic E-state index is 13.7. The van der Waals surface area contributed by atoms with E-state index in [4.69, 9.17) is 27.5 Å². The topological polar surface area (TPSA) is 59.1 Å². The van der Waals surface area contributed by atoms with Crippen molar-refractivity contribution in [2.24, 2.45) is 5.73 Å². The Balaban J connectivity index is 2.15. The van der Waals surface area contributed by atoms with Gasteiger partial charge in [-0.3, -0.25) is 5.41 Å². The smallest absolute Gasteiger partial charge is 0.165 e. The highest BCUT2D eigenvalue weighted by Crippen LogP contribution is 2.22. The maximum Gasteiger partial charge on any atom is 0.165 e. The molecule has 3 nitrogen and oxygen atoms in total. The number of nitrogens with two attached hydrogens (primary N) is 1. The third-order valence-corrected chi connectivity index (χ3v) is 3.00. The Hall–Kier alpha value is -2.14. The second-order valence-electron chi connectivity index (χ2n) is 4.08. The van der Waals surface area contributed by atoms with Gasteiger partial charge in [-0.05, 0) is 36.4 Å². The largest absolute Gasteiger partial charge is 0.486 e. The first-order valence-electron chi connectivity index (χ1n) is 5.68. The summed E-state index contributed by atoms with van der Waals surface area (Å²) in [5.74, 6) is -1.34. The Morgan fingerprint density at radius 3 is 2.60 bits per heavy atom. The fourth-order valence-electron chi connectivity index (χ4n) is 1.59. The molecule has 0 saturated carbocycles. The maximum absolute atomic E-state index is 13.7. The van der Waals surface area contributed by atoms with Crippen molar-refractivity contribution in [2.45, 2.75) is 6.61 Å². The summed E-state index contributed by atoms with van der Waals surface area (Å²) in [7, 11) is 0. The fourth-order valence-corrected chi connectivity index (χ4v) is 1.77. The van der Waals surface area contributed by atoms with Crippen molar-refractivity contribution in [3.63, 3.8) is 0 Å². The lowest BCUT2D eigenvalue weighted by Crippen LogP contribution is -2.11. The number of hydrogen-bond acceptors (Lipinski definition) is 2. The molecule has 0 heterocycles. The zero-order valence-electron chi connectivity index (χ0n) is 10.3. The van der Waals surface area contributed by atoms with E-state index in [2.05, 4.69) is 0 Å². The number of nitrogens with one attached hydrogen (secondary N) is 1. The predicted molar refractivity (Wildman–Crippen MR) is 73.2 cm³/mol. The molecule has 0 saturated heterocycles. The van der Waals surface area contributed by atoms with Crippen LogP contribution >= 0.6 is 11.6 Å².